The minimum Gasteiger partial charge on any atom is -0.375 e. The van der Waals surface area contributed by atoms with Crippen molar-refractivity contribution in [3.63, 3.8) is 0 Å². The largest absolute Gasteiger partial charge is 0.375 e. The molecule has 1 aromatic carbocycles. The van der Waals surface area contributed by atoms with E-state index in [4.69, 9.17) is 9.47 Å². The van der Waals surface area contributed by atoms with E-state index in [1.807, 2.05) is 6.92 Å². The van der Waals surface area contributed by atoms with Gasteiger partial charge in [-0.3, -0.25) is 0 Å². The van der Waals surface area contributed by atoms with Gasteiger partial charge in [0, 0.05) is 17.6 Å². The Kier molecular flexibility index (Phi) is 4.83. The van der Waals surface area contributed by atoms with Gasteiger partial charge in [0.25, 0.3) is 0 Å². The molecule has 2 fully saturated rings. The van der Waals surface area contributed by atoms with Crippen molar-refractivity contribution in [2.24, 2.45) is 5.92 Å². The highest BCUT2D eigenvalue weighted by Crippen LogP contribution is 2.36. The number of para-hydroxylation sites is 1. The molecule has 0 amide bonds. The second kappa shape index (κ2) is 7.21. The summed E-state index contributed by atoms with van der Waals surface area (Å²) < 4.78 is 12.0. The number of anilines is 1. The first-order valence-corrected chi connectivity index (χ1v) is 9.59. The molecule has 4 nitrogen and oxygen atoms in total. The van der Waals surface area contributed by atoms with E-state index >= 15 is 0 Å². The number of ether oxygens (including phenoxy) is 2. The van der Waals surface area contributed by atoms with E-state index in [1.165, 1.54) is 5.69 Å². The summed E-state index contributed by atoms with van der Waals surface area (Å²) in [5.74, 6) is 0.573. The maximum Gasteiger partial charge on any atom is 0.0898 e. The van der Waals surface area contributed by atoms with Gasteiger partial charge in [0.1, 0.15) is 0 Å². The zero-order valence-electron chi connectivity index (χ0n) is 14.1. The molecule has 1 saturated heterocycles. The summed E-state index contributed by atoms with van der Waals surface area (Å²) in [4.78, 5) is 6.99. The predicted octanol–water partition coefficient (Wildman–Crippen LogP) is 3.65. The van der Waals surface area contributed by atoms with Crippen LogP contribution in [0.15, 0.2) is 35.7 Å². The number of morpholine rings is 1. The quantitative estimate of drug-likeness (QED) is 0.829. The summed E-state index contributed by atoms with van der Waals surface area (Å²) in [6.45, 7) is 5.26. The summed E-state index contributed by atoms with van der Waals surface area (Å²) >= 11 is 1.68. The average molecular weight is 344 g/mol. The molecule has 1 aliphatic heterocycles. The van der Waals surface area contributed by atoms with Crippen LogP contribution in [0.2, 0.25) is 0 Å². The molecule has 128 valence electrons. The number of hydrogen-bond donors (Lipinski definition) is 0. The molecule has 2 aromatic rings. The zero-order chi connectivity index (χ0) is 16.4. The van der Waals surface area contributed by atoms with Crippen molar-refractivity contribution < 1.29 is 9.47 Å². The van der Waals surface area contributed by atoms with Gasteiger partial charge >= 0.3 is 0 Å². The molecule has 0 radical (unpaired) electrons. The maximum atomic E-state index is 6.04. The minimum absolute atomic E-state index is 0.342. The third-order valence-electron chi connectivity index (χ3n) is 4.99. The lowest BCUT2D eigenvalue weighted by atomic mass is 10.1. The van der Waals surface area contributed by atoms with Gasteiger partial charge in [-0.1, -0.05) is 18.2 Å². The maximum absolute atomic E-state index is 6.04. The van der Waals surface area contributed by atoms with E-state index < -0.39 is 0 Å². The topological polar surface area (TPSA) is 34.6 Å². The van der Waals surface area contributed by atoms with Gasteiger partial charge in [-0.05, 0) is 37.8 Å². The SMILES string of the molecule is Cc1nc(COCC2C[C@@H]3[C@@H](C2)OCCN3c2ccccc2)cs1. The molecular formula is C19H24N2O2S. The molecular weight excluding hydrogens is 320 g/mol. The van der Waals surface area contributed by atoms with Crippen molar-refractivity contribution in [2.45, 2.75) is 38.5 Å². The number of nitrogens with zero attached hydrogens (tertiary/aromatic N) is 2. The highest BCUT2D eigenvalue weighted by molar-refractivity contribution is 7.09. The normalized spacial score (nSPS) is 26.5. The third-order valence-corrected chi connectivity index (χ3v) is 5.81. The standard InChI is InChI=1S/C19H24N2O2S/c1-14-20-16(13-24-14)12-22-11-15-9-18-19(10-15)23-8-7-21(18)17-5-3-2-4-6-17/h2-6,13,15,18-19H,7-12H2,1H3/t15?,18-,19-/m1/s1. The average Bonchev–Trinajstić information content (AvgIpc) is 3.21. The number of thiazole rings is 1. The molecule has 3 atom stereocenters. The molecule has 1 aromatic heterocycles. The van der Waals surface area contributed by atoms with E-state index in [2.05, 4.69) is 45.6 Å². The second-order valence-electron chi connectivity index (χ2n) is 6.72. The molecule has 0 N–H and O–H groups in total. The summed E-state index contributed by atoms with van der Waals surface area (Å²) in [6.07, 6.45) is 2.59. The van der Waals surface area contributed by atoms with Crippen LogP contribution in [0, 0.1) is 12.8 Å². The smallest absolute Gasteiger partial charge is 0.0898 e. The third kappa shape index (κ3) is 3.48. The van der Waals surface area contributed by atoms with Crippen molar-refractivity contribution in [2.75, 3.05) is 24.7 Å². The first-order valence-electron chi connectivity index (χ1n) is 8.71. The van der Waals surface area contributed by atoms with Crippen LogP contribution in [0.25, 0.3) is 0 Å². The van der Waals surface area contributed by atoms with E-state index in [-0.39, 0.29) is 0 Å². The number of aromatic nitrogens is 1. The van der Waals surface area contributed by atoms with E-state index in [0.29, 0.717) is 24.7 Å². The molecule has 0 spiro atoms. The van der Waals surface area contributed by atoms with Gasteiger partial charge in [-0.2, -0.15) is 0 Å². The van der Waals surface area contributed by atoms with Crippen molar-refractivity contribution in [3.8, 4) is 0 Å². The number of benzene rings is 1. The highest BCUT2D eigenvalue weighted by atomic mass is 32.1. The Morgan fingerprint density at radius 3 is 2.96 bits per heavy atom. The molecule has 2 aliphatic rings. The molecule has 1 saturated carbocycles. The van der Waals surface area contributed by atoms with Crippen molar-refractivity contribution >= 4 is 17.0 Å². The zero-order valence-corrected chi connectivity index (χ0v) is 14.9. The van der Waals surface area contributed by atoms with E-state index in [1.54, 1.807) is 11.3 Å². The Balaban J connectivity index is 1.34. The van der Waals surface area contributed by atoms with Gasteiger partial charge in [0.2, 0.25) is 0 Å². The Labute approximate surface area is 147 Å². The van der Waals surface area contributed by atoms with Crippen LogP contribution in [-0.4, -0.2) is 36.9 Å². The fourth-order valence-corrected chi connectivity index (χ4v) is 4.53. The lowest BCUT2D eigenvalue weighted by molar-refractivity contribution is 0.0204. The Hall–Kier alpha value is -1.43. The molecule has 4 rings (SSSR count). The first kappa shape index (κ1) is 16.1. The van der Waals surface area contributed by atoms with Crippen LogP contribution in [0.3, 0.4) is 0 Å². The van der Waals surface area contributed by atoms with Crippen molar-refractivity contribution in [1.29, 1.82) is 0 Å². The van der Waals surface area contributed by atoms with Crippen molar-refractivity contribution in [1.82, 2.24) is 4.98 Å². The highest BCUT2D eigenvalue weighted by Gasteiger charge is 2.41. The number of hydrogen-bond acceptors (Lipinski definition) is 5. The van der Waals surface area contributed by atoms with Gasteiger partial charge in [-0.25, -0.2) is 4.98 Å². The summed E-state index contributed by atoms with van der Waals surface area (Å²) in [6, 6.07) is 11.2. The predicted molar refractivity (Wildman–Crippen MR) is 96.5 cm³/mol. The number of rotatable bonds is 5. The molecule has 2 heterocycles. The monoisotopic (exact) mass is 344 g/mol. The molecule has 0 bridgehead atoms. The number of aryl methyl sites for hydroxylation is 1. The van der Waals surface area contributed by atoms with Crippen LogP contribution in [-0.2, 0) is 16.1 Å². The molecule has 1 unspecified atom stereocenters. The fraction of sp³-hybridized carbons (Fsp3) is 0.526. The van der Waals surface area contributed by atoms with E-state index in [0.717, 1.165) is 43.3 Å². The van der Waals surface area contributed by atoms with Crippen LogP contribution in [0.4, 0.5) is 5.69 Å². The van der Waals surface area contributed by atoms with Crippen LogP contribution in [0.5, 0.6) is 0 Å². The van der Waals surface area contributed by atoms with Gasteiger partial charge in [-0.15, -0.1) is 11.3 Å². The second-order valence-corrected chi connectivity index (χ2v) is 7.78. The molecule has 1 aliphatic carbocycles. The number of fused-ring (bicyclic) bond motifs is 1. The van der Waals surface area contributed by atoms with Crippen LogP contribution < -0.4 is 4.90 Å². The Bertz CT molecular complexity index is 660. The van der Waals surface area contributed by atoms with Gasteiger partial charge < -0.3 is 14.4 Å². The lowest BCUT2D eigenvalue weighted by Gasteiger charge is -2.39. The van der Waals surface area contributed by atoms with Crippen LogP contribution >= 0.6 is 11.3 Å². The van der Waals surface area contributed by atoms with Crippen LogP contribution in [0.1, 0.15) is 23.5 Å². The minimum atomic E-state index is 0.342. The van der Waals surface area contributed by atoms with Crippen molar-refractivity contribution in [3.05, 3.63) is 46.4 Å². The first-order chi connectivity index (χ1) is 11.8. The van der Waals surface area contributed by atoms with E-state index in [9.17, 15) is 0 Å². The molecule has 5 heteroatoms. The van der Waals surface area contributed by atoms with Gasteiger partial charge in [0.05, 0.1) is 42.7 Å². The Morgan fingerprint density at radius 1 is 1.29 bits per heavy atom. The summed E-state index contributed by atoms with van der Waals surface area (Å²) in [7, 11) is 0. The summed E-state index contributed by atoms with van der Waals surface area (Å²) in [5.41, 5.74) is 2.37. The Morgan fingerprint density at radius 2 is 2.17 bits per heavy atom. The summed E-state index contributed by atoms with van der Waals surface area (Å²) in [5, 5.41) is 3.19. The lowest BCUT2D eigenvalue weighted by Crippen LogP contribution is -2.48. The fourth-order valence-electron chi connectivity index (χ4n) is 3.93. The van der Waals surface area contributed by atoms with Gasteiger partial charge in [0.15, 0.2) is 0 Å². The molecule has 24 heavy (non-hydrogen) atoms.